The summed E-state index contributed by atoms with van der Waals surface area (Å²) in [6.45, 7) is 0. The molecule has 2 unspecified atom stereocenters. The van der Waals surface area contributed by atoms with Gasteiger partial charge in [0, 0.05) is 17.7 Å². The number of hydrogen-bond acceptors (Lipinski definition) is 4. The van der Waals surface area contributed by atoms with Crippen molar-refractivity contribution >= 4 is 29.7 Å². The first-order valence-corrected chi connectivity index (χ1v) is 7.82. The molecule has 0 aromatic heterocycles. The van der Waals surface area contributed by atoms with Gasteiger partial charge in [-0.1, -0.05) is 0 Å². The minimum absolute atomic E-state index is 0.00378. The Hall–Kier alpha value is -1.44. The Labute approximate surface area is 122 Å². The van der Waals surface area contributed by atoms with E-state index in [1.807, 2.05) is 6.26 Å². The Morgan fingerprint density at radius 1 is 1.40 bits per heavy atom. The van der Waals surface area contributed by atoms with Crippen molar-refractivity contribution in [1.82, 2.24) is 10.6 Å². The minimum Gasteiger partial charge on any atom is -0.480 e. The van der Waals surface area contributed by atoms with Gasteiger partial charge in [0.2, 0.25) is 5.91 Å². The van der Waals surface area contributed by atoms with E-state index in [0.29, 0.717) is 5.25 Å². The summed E-state index contributed by atoms with van der Waals surface area (Å²) in [5.74, 6) is -1.76. The Morgan fingerprint density at radius 3 is 2.60 bits per heavy atom. The van der Waals surface area contributed by atoms with Gasteiger partial charge in [-0.3, -0.25) is 4.79 Å². The van der Waals surface area contributed by atoms with E-state index in [1.165, 1.54) is 0 Å². The third-order valence-electron chi connectivity index (χ3n) is 3.34. The van der Waals surface area contributed by atoms with E-state index in [-0.39, 0.29) is 18.9 Å². The highest BCUT2D eigenvalue weighted by Crippen LogP contribution is 2.27. The molecule has 0 heterocycles. The number of urea groups is 1. The highest BCUT2D eigenvalue weighted by atomic mass is 32.2. The summed E-state index contributed by atoms with van der Waals surface area (Å²) in [6.07, 6.45) is 4.81. The van der Waals surface area contributed by atoms with E-state index >= 15 is 0 Å². The Balaban J connectivity index is 2.38. The van der Waals surface area contributed by atoms with E-state index in [0.717, 1.165) is 19.3 Å². The topological polar surface area (TPSA) is 122 Å². The van der Waals surface area contributed by atoms with Crippen LogP contribution in [-0.4, -0.2) is 46.6 Å². The second-order valence-electron chi connectivity index (χ2n) is 4.88. The molecule has 0 aromatic rings. The van der Waals surface area contributed by atoms with Crippen LogP contribution in [0.3, 0.4) is 0 Å². The van der Waals surface area contributed by atoms with Crippen LogP contribution >= 0.6 is 11.8 Å². The highest BCUT2D eigenvalue weighted by molar-refractivity contribution is 7.99. The number of carbonyl (C=O) groups excluding carboxylic acids is 2. The van der Waals surface area contributed by atoms with Crippen LogP contribution < -0.4 is 16.4 Å². The molecular formula is C12H21N3O4S. The van der Waals surface area contributed by atoms with Gasteiger partial charge in [0.05, 0.1) is 0 Å². The maximum atomic E-state index is 11.7. The second kappa shape index (κ2) is 7.98. The van der Waals surface area contributed by atoms with Gasteiger partial charge in [-0.2, -0.15) is 11.8 Å². The van der Waals surface area contributed by atoms with Gasteiger partial charge in [-0.25, -0.2) is 9.59 Å². The maximum absolute atomic E-state index is 11.7. The minimum atomic E-state index is -1.17. The molecule has 0 spiro atoms. The van der Waals surface area contributed by atoms with E-state index in [2.05, 4.69) is 10.6 Å². The Morgan fingerprint density at radius 2 is 2.10 bits per heavy atom. The first-order valence-electron chi connectivity index (χ1n) is 6.53. The molecule has 0 aliphatic heterocycles. The number of carboxylic acid groups (broad SMARTS) is 1. The van der Waals surface area contributed by atoms with Crippen molar-refractivity contribution in [3.63, 3.8) is 0 Å². The van der Waals surface area contributed by atoms with Gasteiger partial charge in [-0.05, 0) is 31.9 Å². The number of rotatable bonds is 7. The highest BCUT2D eigenvalue weighted by Gasteiger charge is 2.27. The molecule has 114 valence electrons. The van der Waals surface area contributed by atoms with Crippen molar-refractivity contribution in [2.24, 2.45) is 5.73 Å². The van der Waals surface area contributed by atoms with Gasteiger partial charge in [0.15, 0.2) is 0 Å². The smallest absolute Gasteiger partial charge is 0.326 e. The van der Waals surface area contributed by atoms with Crippen LogP contribution in [0.2, 0.25) is 0 Å². The lowest BCUT2D eigenvalue weighted by atomic mass is 10.1. The molecule has 1 saturated carbocycles. The lowest BCUT2D eigenvalue weighted by Crippen LogP contribution is -2.48. The van der Waals surface area contributed by atoms with E-state index < -0.39 is 23.9 Å². The summed E-state index contributed by atoms with van der Waals surface area (Å²) in [4.78, 5) is 33.4. The molecular weight excluding hydrogens is 282 g/mol. The monoisotopic (exact) mass is 303 g/mol. The quantitative estimate of drug-likeness (QED) is 0.538. The number of hydrogen-bond donors (Lipinski definition) is 4. The van der Waals surface area contributed by atoms with Crippen LogP contribution in [0.25, 0.3) is 0 Å². The number of primary amides is 1. The molecule has 5 N–H and O–H groups in total. The summed E-state index contributed by atoms with van der Waals surface area (Å²) in [5, 5.41) is 14.7. The van der Waals surface area contributed by atoms with Gasteiger partial charge in [0.1, 0.15) is 6.04 Å². The Bertz CT molecular complexity index is 378. The zero-order chi connectivity index (χ0) is 15.1. The van der Waals surface area contributed by atoms with Gasteiger partial charge in [-0.15, -0.1) is 0 Å². The predicted octanol–water partition coefficient (Wildman–Crippen LogP) is 0.288. The predicted molar refractivity (Wildman–Crippen MR) is 76.5 cm³/mol. The first-order chi connectivity index (χ1) is 9.42. The fourth-order valence-electron chi connectivity index (χ4n) is 2.21. The second-order valence-corrected chi connectivity index (χ2v) is 6.02. The molecule has 3 amide bonds. The van der Waals surface area contributed by atoms with E-state index in [9.17, 15) is 14.4 Å². The fraction of sp³-hybridized carbons (Fsp3) is 0.750. The average Bonchev–Trinajstić information content (AvgIpc) is 2.81. The molecule has 1 aliphatic carbocycles. The number of nitrogens with one attached hydrogen (secondary N) is 2. The molecule has 1 aliphatic rings. The third-order valence-corrected chi connectivity index (χ3v) is 4.43. The Kier molecular flexibility index (Phi) is 6.63. The summed E-state index contributed by atoms with van der Waals surface area (Å²) < 4.78 is 0. The third kappa shape index (κ3) is 5.68. The molecule has 1 rings (SSSR count). The molecule has 8 heteroatoms. The van der Waals surface area contributed by atoms with Crippen LogP contribution in [-0.2, 0) is 9.59 Å². The summed E-state index contributed by atoms with van der Waals surface area (Å²) >= 11 is 1.78. The summed E-state index contributed by atoms with van der Waals surface area (Å²) in [7, 11) is 0. The molecule has 3 atom stereocenters. The molecule has 7 nitrogen and oxygen atoms in total. The zero-order valence-corrected chi connectivity index (χ0v) is 12.2. The number of carboxylic acids is 1. The first kappa shape index (κ1) is 16.6. The van der Waals surface area contributed by atoms with Gasteiger partial charge in [0.25, 0.3) is 0 Å². The average molecular weight is 303 g/mol. The maximum Gasteiger partial charge on any atom is 0.326 e. The van der Waals surface area contributed by atoms with Crippen LogP contribution in [0.15, 0.2) is 0 Å². The largest absolute Gasteiger partial charge is 0.480 e. The molecule has 0 aromatic carbocycles. The molecule has 0 bridgehead atoms. The van der Waals surface area contributed by atoms with Crippen molar-refractivity contribution in [2.45, 2.75) is 49.4 Å². The van der Waals surface area contributed by atoms with Crippen LogP contribution in [0.4, 0.5) is 4.79 Å². The normalized spacial score (nSPS) is 23.1. The lowest BCUT2D eigenvalue weighted by molar-refractivity contribution is -0.139. The standard InChI is InChI=1S/C12H21N3O4S/c1-20-8-3-2-7(6-8)14-12(19)15-9(11(17)18)4-5-10(13)16/h7-9H,2-6H2,1H3,(H2,13,16)(H,17,18)(H2,14,15,19)/t7?,8?,9-/m0/s1. The van der Waals surface area contributed by atoms with Gasteiger partial charge >= 0.3 is 12.0 Å². The van der Waals surface area contributed by atoms with E-state index in [4.69, 9.17) is 10.8 Å². The summed E-state index contributed by atoms with van der Waals surface area (Å²) in [6, 6.07) is -1.52. The molecule has 20 heavy (non-hydrogen) atoms. The van der Waals surface area contributed by atoms with Gasteiger partial charge < -0.3 is 21.5 Å². The molecule has 1 fully saturated rings. The van der Waals surface area contributed by atoms with Crippen LogP contribution in [0, 0.1) is 0 Å². The SMILES string of the molecule is CSC1CCC(NC(=O)N[C@@H](CCC(N)=O)C(=O)O)C1. The molecule has 0 saturated heterocycles. The fourth-order valence-corrected chi connectivity index (χ4v) is 3.01. The van der Waals surface area contributed by atoms with Crippen molar-refractivity contribution in [2.75, 3.05) is 6.26 Å². The number of carbonyl (C=O) groups is 3. The van der Waals surface area contributed by atoms with Crippen molar-refractivity contribution in [3.8, 4) is 0 Å². The van der Waals surface area contributed by atoms with Crippen molar-refractivity contribution < 1.29 is 19.5 Å². The van der Waals surface area contributed by atoms with E-state index in [1.54, 1.807) is 11.8 Å². The van der Waals surface area contributed by atoms with Crippen LogP contribution in [0.1, 0.15) is 32.1 Å². The number of aliphatic carboxylic acids is 1. The number of thioether (sulfide) groups is 1. The molecule has 0 radical (unpaired) electrons. The van der Waals surface area contributed by atoms with Crippen LogP contribution in [0.5, 0.6) is 0 Å². The number of nitrogens with two attached hydrogens (primary N) is 1. The lowest BCUT2D eigenvalue weighted by Gasteiger charge is -2.17. The zero-order valence-electron chi connectivity index (χ0n) is 11.4. The number of amides is 3. The van der Waals surface area contributed by atoms with Crippen molar-refractivity contribution in [1.29, 1.82) is 0 Å². The summed E-state index contributed by atoms with van der Waals surface area (Å²) in [5.41, 5.74) is 4.97. The van der Waals surface area contributed by atoms with Crippen molar-refractivity contribution in [3.05, 3.63) is 0 Å².